The summed E-state index contributed by atoms with van der Waals surface area (Å²) in [5, 5.41) is 11.9. The zero-order chi connectivity index (χ0) is 15.6. The molecule has 0 bridgehead atoms. The first kappa shape index (κ1) is 15.4. The van der Waals surface area contributed by atoms with Crippen molar-refractivity contribution in [2.45, 2.75) is 44.8 Å². The molecule has 1 aliphatic rings. The normalized spacial score (nSPS) is 28.9. The molecule has 1 amide bonds. The van der Waals surface area contributed by atoms with E-state index in [1.165, 1.54) is 0 Å². The van der Waals surface area contributed by atoms with Crippen LogP contribution in [0.15, 0.2) is 30.3 Å². The number of hydrogen-bond donors (Lipinski definition) is 2. The molecule has 0 unspecified atom stereocenters. The van der Waals surface area contributed by atoms with Crippen LogP contribution in [-0.4, -0.2) is 28.8 Å². The van der Waals surface area contributed by atoms with Crippen LogP contribution >= 0.6 is 0 Å². The van der Waals surface area contributed by atoms with Gasteiger partial charge in [0.25, 0.3) is 0 Å². The van der Waals surface area contributed by atoms with Crippen molar-refractivity contribution in [3.8, 4) is 0 Å². The van der Waals surface area contributed by atoms with Gasteiger partial charge in [0.1, 0.15) is 6.10 Å². The van der Waals surface area contributed by atoms with Crippen LogP contribution in [0.4, 0.5) is 4.79 Å². The van der Waals surface area contributed by atoms with E-state index in [1.807, 2.05) is 44.2 Å². The minimum absolute atomic E-state index is 0.0920. The molecule has 1 aromatic carbocycles. The van der Waals surface area contributed by atoms with Gasteiger partial charge in [0, 0.05) is 5.92 Å². The van der Waals surface area contributed by atoms with Crippen molar-refractivity contribution in [3.63, 3.8) is 0 Å². The molecule has 1 aliphatic heterocycles. The Hall–Kier alpha value is -2.04. The van der Waals surface area contributed by atoms with E-state index in [1.54, 1.807) is 6.92 Å². The summed E-state index contributed by atoms with van der Waals surface area (Å²) in [6.45, 7) is 5.72. The van der Waals surface area contributed by atoms with Crippen LogP contribution in [0.1, 0.15) is 38.7 Å². The number of aliphatic carboxylic acids is 1. The Morgan fingerprint density at radius 3 is 2.52 bits per heavy atom. The number of rotatable bonds is 4. The van der Waals surface area contributed by atoms with Gasteiger partial charge in [-0.3, -0.25) is 4.79 Å². The van der Waals surface area contributed by atoms with E-state index < -0.39 is 17.6 Å². The number of cyclic esters (lactones) is 1. The third-order valence-corrected chi connectivity index (χ3v) is 3.98. The number of carboxylic acids is 1. The molecule has 5 heteroatoms. The molecule has 3 atom stereocenters. The van der Waals surface area contributed by atoms with Gasteiger partial charge in [-0.25, -0.2) is 4.79 Å². The number of carbonyl (C=O) groups is 2. The Balaban J connectivity index is 2.48. The molecule has 0 aliphatic carbocycles. The van der Waals surface area contributed by atoms with Crippen molar-refractivity contribution in [2.24, 2.45) is 5.92 Å². The quantitative estimate of drug-likeness (QED) is 0.894. The van der Waals surface area contributed by atoms with E-state index in [0.29, 0.717) is 0 Å². The SMILES string of the molecule is CC(C)[C@@H]1OC(=O)N[C@](C)(CC(=O)O)[C@H]1c1ccccc1. The maximum atomic E-state index is 11.8. The van der Waals surface area contributed by atoms with Crippen LogP contribution in [0.2, 0.25) is 0 Å². The van der Waals surface area contributed by atoms with Crippen molar-refractivity contribution in [1.82, 2.24) is 5.32 Å². The third-order valence-electron chi connectivity index (χ3n) is 3.98. The molecular weight excluding hydrogens is 270 g/mol. The lowest BCUT2D eigenvalue weighted by molar-refractivity contribution is -0.139. The fourth-order valence-corrected chi connectivity index (χ4v) is 3.10. The summed E-state index contributed by atoms with van der Waals surface area (Å²) in [7, 11) is 0. The van der Waals surface area contributed by atoms with Crippen molar-refractivity contribution in [2.75, 3.05) is 0 Å². The predicted octanol–water partition coefficient (Wildman–Crippen LogP) is 2.77. The minimum atomic E-state index is -0.942. The van der Waals surface area contributed by atoms with Crippen LogP contribution in [-0.2, 0) is 9.53 Å². The molecule has 2 rings (SSSR count). The largest absolute Gasteiger partial charge is 0.481 e. The highest BCUT2D eigenvalue weighted by atomic mass is 16.6. The predicted molar refractivity (Wildman–Crippen MR) is 78.1 cm³/mol. The lowest BCUT2D eigenvalue weighted by atomic mass is 9.71. The van der Waals surface area contributed by atoms with Gasteiger partial charge < -0.3 is 15.2 Å². The highest BCUT2D eigenvalue weighted by Crippen LogP contribution is 2.41. The van der Waals surface area contributed by atoms with Crippen molar-refractivity contribution < 1.29 is 19.4 Å². The Labute approximate surface area is 124 Å². The first-order valence-electron chi connectivity index (χ1n) is 7.09. The molecule has 1 saturated heterocycles. The number of ether oxygens (including phenoxy) is 1. The molecule has 1 heterocycles. The maximum absolute atomic E-state index is 11.8. The highest BCUT2D eigenvalue weighted by molar-refractivity contribution is 5.74. The van der Waals surface area contributed by atoms with Crippen molar-refractivity contribution in [3.05, 3.63) is 35.9 Å². The first-order valence-corrected chi connectivity index (χ1v) is 7.09. The Morgan fingerprint density at radius 1 is 1.38 bits per heavy atom. The van der Waals surface area contributed by atoms with Gasteiger partial charge >= 0.3 is 12.1 Å². The van der Waals surface area contributed by atoms with Gasteiger partial charge in [-0.1, -0.05) is 44.2 Å². The summed E-state index contributed by atoms with van der Waals surface area (Å²) < 4.78 is 5.45. The molecule has 2 N–H and O–H groups in total. The summed E-state index contributed by atoms with van der Waals surface area (Å²) >= 11 is 0. The number of amides is 1. The molecule has 5 nitrogen and oxygen atoms in total. The van der Waals surface area contributed by atoms with Gasteiger partial charge in [0.15, 0.2) is 0 Å². The second-order valence-electron chi connectivity index (χ2n) is 6.12. The van der Waals surface area contributed by atoms with Crippen LogP contribution in [0.3, 0.4) is 0 Å². The number of nitrogens with one attached hydrogen (secondary N) is 1. The van der Waals surface area contributed by atoms with Gasteiger partial charge in [-0.2, -0.15) is 0 Å². The molecule has 1 aromatic rings. The standard InChI is InChI=1S/C16H21NO4/c1-10(2)14-13(11-7-5-4-6-8-11)16(3,9-12(18)19)17-15(20)21-14/h4-8,10,13-14H,9H2,1-3H3,(H,17,20)(H,18,19)/t13-,14-,16+/m0/s1. The monoisotopic (exact) mass is 291 g/mol. The molecule has 0 aromatic heterocycles. The summed E-state index contributed by atoms with van der Waals surface area (Å²) in [5.41, 5.74) is 0.0947. The molecule has 0 spiro atoms. The average molecular weight is 291 g/mol. The maximum Gasteiger partial charge on any atom is 0.407 e. The topological polar surface area (TPSA) is 75.6 Å². The summed E-state index contributed by atoms with van der Waals surface area (Å²) in [4.78, 5) is 23.1. The minimum Gasteiger partial charge on any atom is -0.481 e. The third kappa shape index (κ3) is 3.17. The summed E-state index contributed by atoms with van der Waals surface area (Å²) in [6, 6.07) is 9.61. The van der Waals surface area contributed by atoms with Gasteiger partial charge in [0.05, 0.1) is 12.0 Å². The second kappa shape index (κ2) is 5.76. The molecule has 0 radical (unpaired) electrons. The Bertz CT molecular complexity index is 524. The number of benzene rings is 1. The van der Waals surface area contributed by atoms with Gasteiger partial charge in [0.2, 0.25) is 0 Å². The van der Waals surface area contributed by atoms with Crippen LogP contribution < -0.4 is 5.32 Å². The fourth-order valence-electron chi connectivity index (χ4n) is 3.10. The van der Waals surface area contributed by atoms with Crippen LogP contribution in [0.5, 0.6) is 0 Å². The molecule has 21 heavy (non-hydrogen) atoms. The van der Waals surface area contributed by atoms with Crippen molar-refractivity contribution >= 4 is 12.1 Å². The van der Waals surface area contributed by atoms with Crippen molar-refractivity contribution in [1.29, 1.82) is 0 Å². The Kier molecular flexibility index (Phi) is 4.21. The zero-order valence-corrected chi connectivity index (χ0v) is 12.5. The highest BCUT2D eigenvalue weighted by Gasteiger charge is 2.49. The van der Waals surface area contributed by atoms with Crippen LogP contribution in [0, 0.1) is 5.92 Å². The number of hydrogen-bond acceptors (Lipinski definition) is 3. The smallest absolute Gasteiger partial charge is 0.407 e. The van der Waals surface area contributed by atoms with E-state index >= 15 is 0 Å². The van der Waals surface area contributed by atoms with E-state index in [4.69, 9.17) is 4.74 Å². The average Bonchev–Trinajstić information content (AvgIpc) is 2.37. The molecule has 114 valence electrons. The fraction of sp³-hybridized carbons (Fsp3) is 0.500. The van der Waals surface area contributed by atoms with Gasteiger partial charge in [-0.15, -0.1) is 0 Å². The molecular formula is C16H21NO4. The van der Waals surface area contributed by atoms with Gasteiger partial charge in [-0.05, 0) is 18.4 Å². The zero-order valence-electron chi connectivity index (χ0n) is 12.5. The van der Waals surface area contributed by atoms with E-state index in [9.17, 15) is 14.7 Å². The van der Waals surface area contributed by atoms with E-state index in [0.717, 1.165) is 5.56 Å². The lowest BCUT2D eigenvalue weighted by Crippen LogP contribution is -2.61. The summed E-state index contributed by atoms with van der Waals surface area (Å²) in [6.07, 6.45) is -1.06. The second-order valence-corrected chi connectivity index (χ2v) is 6.12. The van der Waals surface area contributed by atoms with E-state index in [-0.39, 0.29) is 24.4 Å². The molecule has 0 saturated carbocycles. The summed E-state index contributed by atoms with van der Waals surface area (Å²) in [5.74, 6) is -1.06. The first-order chi connectivity index (χ1) is 9.83. The lowest BCUT2D eigenvalue weighted by Gasteiger charge is -2.46. The molecule has 1 fully saturated rings. The number of carbonyl (C=O) groups excluding carboxylic acids is 1. The van der Waals surface area contributed by atoms with E-state index in [2.05, 4.69) is 5.32 Å². The number of carboxylic acid groups (broad SMARTS) is 1. The number of alkyl carbamates (subject to hydrolysis) is 1. The van der Waals surface area contributed by atoms with Crippen LogP contribution in [0.25, 0.3) is 0 Å². The Morgan fingerprint density at radius 2 is 2.00 bits per heavy atom.